The molecule has 0 aliphatic rings. The van der Waals surface area contributed by atoms with E-state index in [0.717, 1.165) is 11.1 Å². The summed E-state index contributed by atoms with van der Waals surface area (Å²) < 4.78 is 24.5. The van der Waals surface area contributed by atoms with Gasteiger partial charge < -0.3 is 20.1 Å². The molecule has 9 heteroatoms. The van der Waals surface area contributed by atoms with Gasteiger partial charge in [-0.15, -0.1) is 0 Å². The van der Waals surface area contributed by atoms with Crippen LogP contribution in [-0.4, -0.2) is 25.5 Å². The average Bonchev–Trinajstić information content (AvgIpc) is 2.84. The number of carbonyl (C=O) groups excluding carboxylic acids is 2. The topological polar surface area (TPSA) is 100 Å². The van der Waals surface area contributed by atoms with Crippen molar-refractivity contribution >= 4 is 45.2 Å². The van der Waals surface area contributed by atoms with E-state index in [-0.39, 0.29) is 23.7 Å². The molecule has 0 unspecified atom stereocenters. The molecule has 0 aliphatic heterocycles. The molecule has 0 heterocycles. The van der Waals surface area contributed by atoms with Gasteiger partial charge in [0.2, 0.25) is 0 Å². The number of rotatable bonds is 8. The highest BCUT2D eigenvalue weighted by Crippen LogP contribution is 2.37. The van der Waals surface area contributed by atoms with Crippen molar-refractivity contribution in [2.45, 2.75) is 13.8 Å². The lowest BCUT2D eigenvalue weighted by molar-refractivity contribution is -0.118. The third-order valence-electron chi connectivity index (χ3n) is 5.03. The number of hydrogen-bond acceptors (Lipinski definition) is 5. The number of anilines is 2. The second-order valence-electron chi connectivity index (χ2n) is 7.82. The molecule has 3 aromatic carbocycles. The quantitative estimate of drug-likeness (QED) is 0.273. The standard InChI is InChI=1S/C27H23BrFN3O4/c1-16-4-9-23(17(2)10-16)32-27(34)19(14-30)11-18-12-22(28)26(24(13-18)35-3)36-15-25(33)31-21-7-5-20(29)6-8-21/h4-13H,15H2,1-3H3,(H,31,33)(H,32,34)/b19-11+. The molecule has 2 amide bonds. The third-order valence-corrected chi connectivity index (χ3v) is 5.62. The van der Waals surface area contributed by atoms with Crippen LogP contribution in [-0.2, 0) is 9.59 Å². The van der Waals surface area contributed by atoms with Crippen molar-refractivity contribution in [3.8, 4) is 17.6 Å². The minimum Gasteiger partial charge on any atom is -0.493 e. The smallest absolute Gasteiger partial charge is 0.266 e. The monoisotopic (exact) mass is 551 g/mol. The zero-order valence-electron chi connectivity index (χ0n) is 19.8. The van der Waals surface area contributed by atoms with Gasteiger partial charge in [0, 0.05) is 11.4 Å². The summed E-state index contributed by atoms with van der Waals surface area (Å²) in [6, 6.07) is 16.1. The summed E-state index contributed by atoms with van der Waals surface area (Å²) in [5.41, 5.74) is 3.40. The van der Waals surface area contributed by atoms with Gasteiger partial charge in [0.1, 0.15) is 17.5 Å². The Balaban J connectivity index is 1.74. The van der Waals surface area contributed by atoms with Crippen LogP contribution in [0.2, 0.25) is 0 Å². The number of halogens is 2. The Hall–Kier alpha value is -4.16. The minimum atomic E-state index is -0.544. The first-order chi connectivity index (χ1) is 17.2. The molecule has 2 N–H and O–H groups in total. The zero-order chi connectivity index (χ0) is 26.2. The number of methoxy groups -OCH3 is 1. The van der Waals surface area contributed by atoms with Gasteiger partial charge in [0.25, 0.3) is 11.8 Å². The third kappa shape index (κ3) is 6.93. The summed E-state index contributed by atoms with van der Waals surface area (Å²) in [6.07, 6.45) is 1.43. The van der Waals surface area contributed by atoms with E-state index in [1.807, 2.05) is 32.0 Å². The lowest BCUT2D eigenvalue weighted by Gasteiger charge is -2.14. The van der Waals surface area contributed by atoms with Gasteiger partial charge in [-0.3, -0.25) is 9.59 Å². The second-order valence-corrected chi connectivity index (χ2v) is 8.67. The van der Waals surface area contributed by atoms with Gasteiger partial charge >= 0.3 is 0 Å². The van der Waals surface area contributed by atoms with E-state index in [4.69, 9.17) is 9.47 Å². The van der Waals surface area contributed by atoms with Crippen LogP contribution in [0, 0.1) is 31.0 Å². The maximum atomic E-state index is 13.0. The van der Waals surface area contributed by atoms with E-state index in [2.05, 4.69) is 26.6 Å². The Labute approximate surface area is 216 Å². The highest BCUT2D eigenvalue weighted by molar-refractivity contribution is 9.10. The molecular formula is C27H23BrFN3O4. The number of nitriles is 1. The molecule has 0 spiro atoms. The van der Waals surface area contributed by atoms with Gasteiger partial charge in [-0.1, -0.05) is 17.7 Å². The summed E-state index contributed by atoms with van der Waals surface area (Å²) >= 11 is 3.39. The van der Waals surface area contributed by atoms with Gasteiger partial charge in [0.05, 0.1) is 11.6 Å². The summed E-state index contributed by atoms with van der Waals surface area (Å²) in [4.78, 5) is 24.9. The van der Waals surface area contributed by atoms with Gasteiger partial charge in [0.15, 0.2) is 18.1 Å². The SMILES string of the molecule is COc1cc(/C=C(\C#N)C(=O)Nc2ccc(C)cc2C)cc(Br)c1OCC(=O)Nc1ccc(F)cc1. The van der Waals surface area contributed by atoms with Crippen molar-refractivity contribution in [2.24, 2.45) is 0 Å². The fraction of sp³-hybridized carbons (Fsp3) is 0.148. The lowest BCUT2D eigenvalue weighted by atomic mass is 10.1. The average molecular weight is 552 g/mol. The van der Waals surface area contributed by atoms with Crippen molar-refractivity contribution in [1.82, 2.24) is 0 Å². The maximum absolute atomic E-state index is 13.0. The molecule has 0 saturated carbocycles. The second kappa shape index (κ2) is 12.0. The van der Waals surface area contributed by atoms with Crippen LogP contribution in [0.5, 0.6) is 11.5 Å². The van der Waals surface area contributed by atoms with Crippen molar-refractivity contribution in [3.05, 3.63) is 87.2 Å². The molecule has 7 nitrogen and oxygen atoms in total. The number of nitrogens with zero attached hydrogens (tertiary/aromatic N) is 1. The van der Waals surface area contributed by atoms with Crippen LogP contribution in [0.15, 0.2) is 64.6 Å². The molecule has 3 rings (SSSR count). The highest BCUT2D eigenvalue weighted by Gasteiger charge is 2.16. The Kier molecular flexibility index (Phi) is 8.81. The molecule has 0 radical (unpaired) electrons. The molecule has 0 fully saturated rings. The Bertz CT molecular complexity index is 1360. The Morgan fingerprint density at radius 1 is 1.08 bits per heavy atom. The Morgan fingerprint density at radius 3 is 2.44 bits per heavy atom. The zero-order valence-corrected chi connectivity index (χ0v) is 21.4. The van der Waals surface area contributed by atoms with Crippen LogP contribution in [0.4, 0.5) is 15.8 Å². The van der Waals surface area contributed by atoms with E-state index in [0.29, 0.717) is 21.4 Å². The van der Waals surface area contributed by atoms with Gasteiger partial charge in [-0.25, -0.2) is 4.39 Å². The van der Waals surface area contributed by atoms with Crippen molar-refractivity contribution in [2.75, 3.05) is 24.4 Å². The number of benzene rings is 3. The summed E-state index contributed by atoms with van der Waals surface area (Å²) in [5, 5.41) is 14.9. The molecule has 0 atom stereocenters. The van der Waals surface area contributed by atoms with Gasteiger partial charge in [-0.05, 0) is 89.4 Å². The molecule has 0 saturated heterocycles. The van der Waals surface area contributed by atoms with E-state index < -0.39 is 17.6 Å². The van der Waals surface area contributed by atoms with E-state index in [1.54, 1.807) is 18.2 Å². The first-order valence-electron chi connectivity index (χ1n) is 10.8. The number of carbonyl (C=O) groups is 2. The van der Waals surface area contributed by atoms with Crippen LogP contribution in [0.3, 0.4) is 0 Å². The molecule has 3 aromatic rings. The first kappa shape index (κ1) is 26.4. The molecule has 0 aliphatic carbocycles. The van der Waals surface area contributed by atoms with Crippen LogP contribution in [0.25, 0.3) is 6.08 Å². The normalized spacial score (nSPS) is 10.8. The number of hydrogen-bond donors (Lipinski definition) is 2. The molecule has 184 valence electrons. The number of ether oxygens (including phenoxy) is 2. The van der Waals surface area contributed by atoms with Crippen molar-refractivity contribution in [1.29, 1.82) is 5.26 Å². The fourth-order valence-electron chi connectivity index (χ4n) is 3.29. The molecule has 0 bridgehead atoms. The predicted octanol–water partition coefficient (Wildman–Crippen LogP) is 5.78. The van der Waals surface area contributed by atoms with Crippen LogP contribution < -0.4 is 20.1 Å². The van der Waals surface area contributed by atoms with E-state index in [1.165, 1.54) is 37.5 Å². The van der Waals surface area contributed by atoms with Gasteiger partial charge in [-0.2, -0.15) is 5.26 Å². The lowest BCUT2D eigenvalue weighted by Crippen LogP contribution is -2.20. The number of nitrogens with one attached hydrogen (secondary N) is 2. The first-order valence-corrected chi connectivity index (χ1v) is 11.6. The summed E-state index contributed by atoms with van der Waals surface area (Å²) in [6.45, 7) is 3.50. The van der Waals surface area contributed by atoms with E-state index >= 15 is 0 Å². The number of aryl methyl sites for hydroxylation is 2. The van der Waals surface area contributed by atoms with Crippen molar-refractivity contribution in [3.63, 3.8) is 0 Å². The summed E-state index contributed by atoms with van der Waals surface area (Å²) in [7, 11) is 1.43. The van der Waals surface area contributed by atoms with Crippen molar-refractivity contribution < 1.29 is 23.5 Å². The molecular weight excluding hydrogens is 529 g/mol. The predicted molar refractivity (Wildman–Crippen MR) is 139 cm³/mol. The minimum absolute atomic E-state index is 0.101. The van der Waals surface area contributed by atoms with Crippen LogP contribution >= 0.6 is 15.9 Å². The molecule has 0 aromatic heterocycles. The highest BCUT2D eigenvalue weighted by atomic mass is 79.9. The molecule has 36 heavy (non-hydrogen) atoms. The summed E-state index contributed by atoms with van der Waals surface area (Å²) in [5.74, 6) is -0.847. The van der Waals surface area contributed by atoms with E-state index in [9.17, 15) is 19.2 Å². The Morgan fingerprint density at radius 2 is 1.81 bits per heavy atom. The largest absolute Gasteiger partial charge is 0.493 e. The fourth-order valence-corrected chi connectivity index (χ4v) is 3.86. The van der Waals surface area contributed by atoms with Crippen LogP contribution in [0.1, 0.15) is 16.7 Å². The number of amides is 2. The maximum Gasteiger partial charge on any atom is 0.266 e.